The fraction of sp³-hybridized carbons (Fsp3) is 0.238. The summed E-state index contributed by atoms with van der Waals surface area (Å²) in [6.45, 7) is 6.27. The van der Waals surface area contributed by atoms with Crippen molar-refractivity contribution in [2.75, 3.05) is 13.7 Å². The van der Waals surface area contributed by atoms with Crippen LogP contribution in [-0.2, 0) is 0 Å². The van der Waals surface area contributed by atoms with E-state index in [4.69, 9.17) is 9.47 Å². The Morgan fingerprint density at radius 3 is 2.30 bits per heavy atom. The molecular formula is C21H23N3O3. The standard InChI is InChI=1S/C21H23N3O3/c1-5-27-19-10-6-16(7-11-19)22-14(2)20-15(3)23-24(21(20)25)17-8-12-18(26-4)13-9-17/h6-13,23H,5H2,1-4H3. The van der Waals surface area contributed by atoms with Gasteiger partial charge < -0.3 is 9.47 Å². The number of methoxy groups -OCH3 is 1. The largest absolute Gasteiger partial charge is 0.497 e. The molecule has 1 heterocycles. The monoisotopic (exact) mass is 365 g/mol. The second kappa shape index (κ2) is 7.95. The van der Waals surface area contributed by atoms with Gasteiger partial charge in [-0.1, -0.05) is 0 Å². The molecule has 0 saturated carbocycles. The lowest BCUT2D eigenvalue weighted by Gasteiger charge is -2.03. The van der Waals surface area contributed by atoms with Crippen molar-refractivity contribution in [2.45, 2.75) is 20.8 Å². The lowest BCUT2D eigenvalue weighted by Crippen LogP contribution is -2.19. The number of H-pyrrole nitrogens is 1. The molecule has 0 unspecified atom stereocenters. The highest BCUT2D eigenvalue weighted by Crippen LogP contribution is 2.20. The van der Waals surface area contributed by atoms with E-state index in [0.29, 0.717) is 17.9 Å². The number of aryl methyl sites for hydroxylation is 1. The molecule has 0 spiro atoms. The molecular weight excluding hydrogens is 342 g/mol. The zero-order valence-corrected chi connectivity index (χ0v) is 15.9. The maximum absolute atomic E-state index is 12.9. The van der Waals surface area contributed by atoms with Crippen LogP contribution in [0.25, 0.3) is 5.69 Å². The summed E-state index contributed by atoms with van der Waals surface area (Å²) in [5.74, 6) is 1.54. The molecule has 0 bridgehead atoms. The van der Waals surface area contributed by atoms with Crippen LogP contribution >= 0.6 is 0 Å². The number of hydrogen-bond donors (Lipinski definition) is 1. The minimum absolute atomic E-state index is 0.134. The third-order valence-electron chi connectivity index (χ3n) is 4.21. The first-order valence-electron chi connectivity index (χ1n) is 8.78. The smallest absolute Gasteiger partial charge is 0.280 e. The number of benzene rings is 2. The summed E-state index contributed by atoms with van der Waals surface area (Å²) < 4.78 is 12.1. The van der Waals surface area contributed by atoms with E-state index in [9.17, 15) is 4.79 Å². The quantitative estimate of drug-likeness (QED) is 0.671. The highest BCUT2D eigenvalue weighted by atomic mass is 16.5. The van der Waals surface area contributed by atoms with Crippen molar-refractivity contribution in [3.05, 3.63) is 70.1 Å². The molecule has 0 aliphatic carbocycles. The van der Waals surface area contributed by atoms with E-state index < -0.39 is 0 Å². The van der Waals surface area contributed by atoms with Crippen molar-refractivity contribution in [3.63, 3.8) is 0 Å². The molecule has 0 aliphatic rings. The molecule has 0 aliphatic heterocycles. The van der Waals surface area contributed by atoms with Crippen molar-refractivity contribution in [3.8, 4) is 17.2 Å². The van der Waals surface area contributed by atoms with E-state index in [-0.39, 0.29) is 5.56 Å². The lowest BCUT2D eigenvalue weighted by molar-refractivity contribution is 0.340. The molecule has 1 aromatic heterocycles. The Labute approximate surface area is 158 Å². The summed E-state index contributed by atoms with van der Waals surface area (Å²) in [7, 11) is 1.61. The number of hydrogen-bond acceptors (Lipinski definition) is 4. The molecule has 6 heteroatoms. The maximum atomic E-state index is 12.9. The molecule has 6 nitrogen and oxygen atoms in total. The van der Waals surface area contributed by atoms with Crippen LogP contribution in [-0.4, -0.2) is 29.2 Å². The summed E-state index contributed by atoms with van der Waals surface area (Å²) in [5.41, 5.74) is 3.37. The first-order chi connectivity index (χ1) is 13.0. The van der Waals surface area contributed by atoms with E-state index in [0.717, 1.165) is 28.6 Å². The van der Waals surface area contributed by atoms with E-state index in [1.54, 1.807) is 7.11 Å². The van der Waals surface area contributed by atoms with Gasteiger partial charge in [-0.05, 0) is 69.3 Å². The van der Waals surface area contributed by atoms with Gasteiger partial charge in [-0.2, -0.15) is 0 Å². The minimum atomic E-state index is -0.134. The summed E-state index contributed by atoms with van der Waals surface area (Å²) in [5, 5.41) is 3.12. The molecule has 0 atom stereocenters. The Morgan fingerprint density at radius 1 is 1.07 bits per heavy atom. The second-order valence-corrected chi connectivity index (χ2v) is 6.07. The van der Waals surface area contributed by atoms with Crippen LogP contribution < -0.4 is 15.0 Å². The van der Waals surface area contributed by atoms with Gasteiger partial charge in [0.05, 0.1) is 36.4 Å². The molecule has 0 amide bonds. The third kappa shape index (κ3) is 3.95. The van der Waals surface area contributed by atoms with Crippen LogP contribution in [0.4, 0.5) is 5.69 Å². The van der Waals surface area contributed by atoms with Crippen LogP contribution in [0.3, 0.4) is 0 Å². The van der Waals surface area contributed by atoms with Gasteiger partial charge in [0.1, 0.15) is 11.5 Å². The SMILES string of the molecule is CCOc1ccc(N=C(C)c2c(C)[nH]n(-c3ccc(OC)cc3)c2=O)cc1. The van der Waals surface area contributed by atoms with Gasteiger partial charge in [0, 0.05) is 5.69 Å². The van der Waals surface area contributed by atoms with Crippen LogP contribution in [0.5, 0.6) is 11.5 Å². The van der Waals surface area contributed by atoms with Gasteiger partial charge in [-0.25, -0.2) is 4.68 Å². The number of aromatic nitrogens is 2. The number of aliphatic imine (C=N–C) groups is 1. The van der Waals surface area contributed by atoms with Gasteiger partial charge in [0.2, 0.25) is 0 Å². The Kier molecular flexibility index (Phi) is 5.45. The van der Waals surface area contributed by atoms with Crippen LogP contribution in [0.15, 0.2) is 58.3 Å². The van der Waals surface area contributed by atoms with Gasteiger partial charge in [0.15, 0.2) is 0 Å². The van der Waals surface area contributed by atoms with Crippen LogP contribution in [0.1, 0.15) is 25.1 Å². The van der Waals surface area contributed by atoms with Crippen LogP contribution in [0.2, 0.25) is 0 Å². The average molecular weight is 365 g/mol. The summed E-state index contributed by atoms with van der Waals surface area (Å²) in [4.78, 5) is 17.5. The number of ether oxygens (including phenoxy) is 2. The van der Waals surface area contributed by atoms with Crippen LogP contribution in [0, 0.1) is 6.92 Å². The predicted molar refractivity (Wildman–Crippen MR) is 107 cm³/mol. The number of rotatable bonds is 6. The molecule has 1 N–H and O–H groups in total. The molecule has 0 radical (unpaired) electrons. The number of aromatic amines is 1. The van der Waals surface area contributed by atoms with Gasteiger partial charge in [0.25, 0.3) is 5.56 Å². The Morgan fingerprint density at radius 2 is 1.70 bits per heavy atom. The maximum Gasteiger partial charge on any atom is 0.280 e. The predicted octanol–water partition coefficient (Wildman–Crippen LogP) is 4.02. The van der Waals surface area contributed by atoms with Crippen molar-refractivity contribution in [2.24, 2.45) is 4.99 Å². The summed E-state index contributed by atoms with van der Waals surface area (Å²) >= 11 is 0. The van der Waals surface area contributed by atoms with Crippen molar-refractivity contribution < 1.29 is 9.47 Å². The fourth-order valence-corrected chi connectivity index (χ4v) is 2.92. The van der Waals surface area contributed by atoms with Crippen molar-refractivity contribution in [1.29, 1.82) is 0 Å². The fourth-order valence-electron chi connectivity index (χ4n) is 2.92. The second-order valence-electron chi connectivity index (χ2n) is 6.07. The Bertz CT molecular complexity index is 997. The Hall–Kier alpha value is -3.28. The van der Waals surface area contributed by atoms with Gasteiger partial charge in [-0.3, -0.25) is 14.9 Å². The first kappa shape index (κ1) is 18.5. The molecule has 2 aromatic carbocycles. The zero-order chi connectivity index (χ0) is 19.4. The molecule has 27 heavy (non-hydrogen) atoms. The van der Waals surface area contributed by atoms with E-state index in [2.05, 4.69) is 10.1 Å². The van der Waals surface area contributed by atoms with Gasteiger partial charge >= 0.3 is 0 Å². The summed E-state index contributed by atoms with van der Waals surface area (Å²) in [6.07, 6.45) is 0. The van der Waals surface area contributed by atoms with E-state index >= 15 is 0 Å². The highest BCUT2D eigenvalue weighted by molar-refractivity contribution is 6.01. The molecule has 3 aromatic rings. The third-order valence-corrected chi connectivity index (χ3v) is 4.21. The Balaban J connectivity index is 1.94. The number of nitrogens with one attached hydrogen (secondary N) is 1. The van der Waals surface area contributed by atoms with Crippen molar-refractivity contribution >= 4 is 11.4 Å². The zero-order valence-electron chi connectivity index (χ0n) is 15.9. The van der Waals surface area contributed by atoms with Crippen molar-refractivity contribution in [1.82, 2.24) is 9.78 Å². The lowest BCUT2D eigenvalue weighted by atomic mass is 10.1. The topological polar surface area (TPSA) is 68.6 Å². The average Bonchev–Trinajstić information content (AvgIpc) is 2.98. The molecule has 140 valence electrons. The minimum Gasteiger partial charge on any atom is -0.497 e. The van der Waals surface area contributed by atoms with Gasteiger partial charge in [-0.15, -0.1) is 0 Å². The van der Waals surface area contributed by atoms with E-state index in [1.807, 2.05) is 69.3 Å². The molecule has 0 fully saturated rings. The molecule has 0 saturated heterocycles. The highest BCUT2D eigenvalue weighted by Gasteiger charge is 2.15. The first-order valence-corrected chi connectivity index (χ1v) is 8.78. The number of nitrogens with zero attached hydrogens (tertiary/aromatic N) is 2. The normalized spacial score (nSPS) is 11.5. The molecule has 3 rings (SSSR count). The van der Waals surface area contributed by atoms with E-state index in [1.165, 1.54) is 4.68 Å². The summed E-state index contributed by atoms with van der Waals surface area (Å²) in [6, 6.07) is 14.8.